The number of halogens is 1. The highest BCUT2D eigenvalue weighted by Crippen LogP contribution is 2.34. The fraction of sp³-hybridized carbons (Fsp3) is 0.286. The van der Waals surface area contributed by atoms with E-state index in [0.29, 0.717) is 47.4 Å². The Morgan fingerprint density at radius 1 is 1.05 bits per heavy atom. The van der Waals surface area contributed by atoms with Gasteiger partial charge in [0.25, 0.3) is 5.91 Å². The number of hydrogen-bond donors (Lipinski definition) is 3. The highest BCUT2D eigenvalue weighted by Gasteiger charge is 2.33. The lowest BCUT2D eigenvalue weighted by atomic mass is 10.0. The largest absolute Gasteiger partial charge is 0.481 e. The summed E-state index contributed by atoms with van der Waals surface area (Å²) < 4.78 is 19.5. The van der Waals surface area contributed by atoms with Crippen LogP contribution in [0.25, 0.3) is 22.0 Å². The van der Waals surface area contributed by atoms with Gasteiger partial charge in [0.1, 0.15) is 29.2 Å². The van der Waals surface area contributed by atoms with Gasteiger partial charge in [-0.2, -0.15) is 10.2 Å². The van der Waals surface area contributed by atoms with E-state index in [4.69, 9.17) is 4.74 Å². The normalized spacial score (nSPS) is 16.7. The molecule has 39 heavy (non-hydrogen) atoms. The molecule has 1 amide bonds. The summed E-state index contributed by atoms with van der Waals surface area (Å²) >= 11 is 0. The number of benzene rings is 2. The number of amides is 1. The monoisotopic (exact) mass is 530 g/mol. The summed E-state index contributed by atoms with van der Waals surface area (Å²) in [5.74, 6) is -1.43. The number of carboxylic acids is 1. The standard InChI is InChI=1S/C28H27FN6O4/c1-16-5-10-20(35-34-16)13-30-27-22-11-18(17-6-8-19(29)9-7-17)12-24(26(22)31-15-32-27)39-14-25(36)33-23-4-2-3-21(23)28(37)38/h5-12,15,21,23H,2-4,13-14H2,1H3,(H,33,36)(H,37,38)(H,30,31,32)/t21-,23+/m0/s1. The van der Waals surface area contributed by atoms with Crippen LogP contribution in [0.3, 0.4) is 0 Å². The van der Waals surface area contributed by atoms with Crippen LogP contribution < -0.4 is 15.4 Å². The maximum absolute atomic E-state index is 13.6. The van der Waals surface area contributed by atoms with E-state index in [2.05, 4.69) is 30.8 Å². The van der Waals surface area contributed by atoms with Gasteiger partial charge in [-0.25, -0.2) is 14.4 Å². The van der Waals surface area contributed by atoms with Crippen molar-refractivity contribution in [2.45, 2.75) is 38.8 Å². The fourth-order valence-corrected chi connectivity index (χ4v) is 4.71. The Morgan fingerprint density at radius 3 is 2.62 bits per heavy atom. The van der Waals surface area contributed by atoms with Gasteiger partial charge >= 0.3 is 5.97 Å². The molecule has 1 fully saturated rings. The quantitative estimate of drug-likeness (QED) is 0.294. The molecule has 0 spiro atoms. The third kappa shape index (κ3) is 6.08. The average Bonchev–Trinajstić information content (AvgIpc) is 3.40. The first-order chi connectivity index (χ1) is 18.9. The van der Waals surface area contributed by atoms with Crippen molar-refractivity contribution in [3.05, 3.63) is 72.1 Å². The number of carboxylic acid groups (broad SMARTS) is 1. The number of carbonyl (C=O) groups excluding carboxylic acids is 1. The SMILES string of the molecule is Cc1ccc(CNc2ncnc3c(OCC(=O)N[C@@H]4CCC[C@@H]4C(=O)O)cc(-c4ccc(F)cc4)cc23)nn1. The molecule has 2 aromatic carbocycles. The van der Waals surface area contributed by atoms with Crippen LogP contribution in [0.15, 0.2) is 54.9 Å². The summed E-state index contributed by atoms with van der Waals surface area (Å²) in [6.07, 6.45) is 3.28. The van der Waals surface area contributed by atoms with Gasteiger partial charge in [-0.1, -0.05) is 18.6 Å². The van der Waals surface area contributed by atoms with Crippen LogP contribution in [-0.2, 0) is 16.1 Å². The zero-order valence-electron chi connectivity index (χ0n) is 21.2. The minimum absolute atomic E-state index is 0.323. The summed E-state index contributed by atoms with van der Waals surface area (Å²) in [5.41, 5.74) is 3.47. The van der Waals surface area contributed by atoms with Crippen molar-refractivity contribution in [3.8, 4) is 16.9 Å². The van der Waals surface area contributed by atoms with Crippen molar-refractivity contribution >= 4 is 28.6 Å². The van der Waals surface area contributed by atoms with E-state index in [0.717, 1.165) is 23.4 Å². The first-order valence-electron chi connectivity index (χ1n) is 12.6. The van der Waals surface area contributed by atoms with Gasteiger partial charge < -0.3 is 20.5 Å². The summed E-state index contributed by atoms with van der Waals surface area (Å²) in [6, 6.07) is 13.0. The lowest BCUT2D eigenvalue weighted by Crippen LogP contribution is -2.42. The number of nitrogens with one attached hydrogen (secondary N) is 2. The highest BCUT2D eigenvalue weighted by molar-refractivity contribution is 5.96. The van der Waals surface area contributed by atoms with Crippen LogP contribution in [0.4, 0.5) is 10.2 Å². The van der Waals surface area contributed by atoms with E-state index in [1.54, 1.807) is 18.2 Å². The molecule has 2 atom stereocenters. The molecule has 2 aromatic heterocycles. The summed E-state index contributed by atoms with van der Waals surface area (Å²) in [6.45, 7) is 1.90. The molecule has 1 aliphatic carbocycles. The highest BCUT2D eigenvalue weighted by atomic mass is 19.1. The Balaban J connectivity index is 1.42. The Labute approximate surface area is 223 Å². The van der Waals surface area contributed by atoms with Gasteiger partial charge in [0.2, 0.25) is 0 Å². The lowest BCUT2D eigenvalue weighted by Gasteiger charge is -2.18. The summed E-state index contributed by atoms with van der Waals surface area (Å²) in [4.78, 5) is 33.0. The third-order valence-electron chi connectivity index (χ3n) is 6.71. The number of aliphatic carboxylic acids is 1. The summed E-state index contributed by atoms with van der Waals surface area (Å²) in [7, 11) is 0. The molecule has 0 unspecified atom stereocenters. The number of aryl methyl sites for hydroxylation is 1. The molecule has 4 aromatic rings. The van der Waals surface area contributed by atoms with Gasteiger partial charge in [0.05, 0.1) is 23.9 Å². The molecule has 10 nitrogen and oxygen atoms in total. The van der Waals surface area contributed by atoms with Gasteiger partial charge in [-0.15, -0.1) is 0 Å². The van der Waals surface area contributed by atoms with Gasteiger partial charge in [0.15, 0.2) is 6.61 Å². The van der Waals surface area contributed by atoms with E-state index in [9.17, 15) is 19.1 Å². The maximum Gasteiger partial charge on any atom is 0.308 e. The van der Waals surface area contributed by atoms with Crippen LogP contribution in [0.5, 0.6) is 5.75 Å². The molecular formula is C28H27FN6O4. The number of rotatable bonds is 9. The molecule has 3 N–H and O–H groups in total. The van der Waals surface area contributed by atoms with Crippen LogP contribution in [0.2, 0.25) is 0 Å². The molecule has 1 aliphatic rings. The Kier molecular flexibility index (Phi) is 7.57. The Hall–Kier alpha value is -4.67. The minimum Gasteiger partial charge on any atom is -0.481 e. The molecular weight excluding hydrogens is 503 g/mol. The lowest BCUT2D eigenvalue weighted by molar-refractivity contribution is -0.142. The number of nitrogens with zero attached hydrogens (tertiary/aromatic N) is 4. The second-order valence-electron chi connectivity index (χ2n) is 9.46. The average molecular weight is 531 g/mol. The zero-order valence-corrected chi connectivity index (χ0v) is 21.2. The predicted octanol–water partition coefficient (Wildman–Crippen LogP) is 3.89. The van der Waals surface area contributed by atoms with Crippen molar-refractivity contribution in [3.63, 3.8) is 0 Å². The molecule has 0 bridgehead atoms. The van der Waals surface area contributed by atoms with E-state index < -0.39 is 23.8 Å². The fourth-order valence-electron chi connectivity index (χ4n) is 4.71. The van der Waals surface area contributed by atoms with Gasteiger partial charge in [-0.05, 0) is 67.3 Å². The zero-order chi connectivity index (χ0) is 27.4. The molecule has 0 aliphatic heterocycles. The molecule has 200 valence electrons. The Morgan fingerprint density at radius 2 is 1.87 bits per heavy atom. The van der Waals surface area contributed by atoms with E-state index in [-0.39, 0.29) is 12.4 Å². The van der Waals surface area contributed by atoms with E-state index >= 15 is 0 Å². The van der Waals surface area contributed by atoms with E-state index in [1.807, 2.05) is 25.1 Å². The minimum atomic E-state index is -0.912. The van der Waals surface area contributed by atoms with Crippen LogP contribution >= 0.6 is 0 Å². The number of hydrogen-bond acceptors (Lipinski definition) is 8. The van der Waals surface area contributed by atoms with Gasteiger partial charge in [0, 0.05) is 11.4 Å². The number of ether oxygens (including phenoxy) is 1. The molecule has 5 rings (SSSR count). The van der Waals surface area contributed by atoms with Crippen LogP contribution in [0.1, 0.15) is 30.7 Å². The topological polar surface area (TPSA) is 139 Å². The number of carbonyl (C=O) groups is 2. The number of aromatic nitrogens is 4. The number of anilines is 1. The second-order valence-corrected chi connectivity index (χ2v) is 9.46. The number of fused-ring (bicyclic) bond motifs is 1. The van der Waals surface area contributed by atoms with Gasteiger partial charge in [-0.3, -0.25) is 9.59 Å². The molecule has 1 saturated carbocycles. The first-order valence-corrected chi connectivity index (χ1v) is 12.6. The van der Waals surface area contributed by atoms with Crippen molar-refractivity contribution in [2.75, 3.05) is 11.9 Å². The third-order valence-corrected chi connectivity index (χ3v) is 6.71. The van der Waals surface area contributed by atoms with E-state index in [1.165, 1.54) is 18.5 Å². The van der Waals surface area contributed by atoms with Crippen molar-refractivity contribution in [2.24, 2.45) is 5.92 Å². The van der Waals surface area contributed by atoms with Crippen LogP contribution in [-0.4, -0.2) is 49.8 Å². The van der Waals surface area contributed by atoms with Crippen molar-refractivity contribution in [1.29, 1.82) is 0 Å². The molecule has 0 radical (unpaired) electrons. The smallest absolute Gasteiger partial charge is 0.308 e. The van der Waals surface area contributed by atoms with Crippen molar-refractivity contribution < 1.29 is 23.8 Å². The maximum atomic E-state index is 13.6. The summed E-state index contributed by atoms with van der Waals surface area (Å²) in [5, 5.41) is 24.3. The Bertz CT molecular complexity index is 1500. The first kappa shape index (κ1) is 26.0. The molecule has 11 heteroatoms. The molecule has 2 heterocycles. The predicted molar refractivity (Wildman–Crippen MR) is 141 cm³/mol. The molecule has 0 saturated heterocycles. The van der Waals surface area contributed by atoms with Crippen molar-refractivity contribution in [1.82, 2.24) is 25.5 Å². The van der Waals surface area contributed by atoms with Crippen LogP contribution in [0, 0.1) is 18.7 Å². The second kappa shape index (κ2) is 11.4.